The van der Waals surface area contributed by atoms with Crippen molar-refractivity contribution in [3.63, 3.8) is 0 Å². The fourth-order valence-electron chi connectivity index (χ4n) is 2.61. The second-order valence-electron chi connectivity index (χ2n) is 5.29. The molecule has 1 aliphatic rings. The fraction of sp³-hybridized carbons (Fsp3) is 0.600. The molecule has 0 spiro atoms. The Labute approximate surface area is 115 Å². The third-order valence-electron chi connectivity index (χ3n) is 4.15. The average molecular weight is 264 g/mol. The summed E-state index contributed by atoms with van der Waals surface area (Å²) in [6, 6.07) is 8.81. The lowest BCUT2D eigenvalue weighted by atomic mass is 10.2. The van der Waals surface area contributed by atoms with E-state index in [1.54, 1.807) is 7.11 Å². The van der Waals surface area contributed by atoms with Gasteiger partial charge in [0.1, 0.15) is 5.75 Å². The van der Waals surface area contributed by atoms with E-state index in [9.17, 15) is 5.11 Å². The van der Waals surface area contributed by atoms with Gasteiger partial charge in [-0.25, -0.2) is 0 Å². The van der Waals surface area contributed by atoms with Gasteiger partial charge in [-0.3, -0.25) is 4.90 Å². The SMILES string of the molecule is COc1cccc(N2CCC(C)N(C)C(CO)C2)c1. The van der Waals surface area contributed by atoms with Gasteiger partial charge in [0, 0.05) is 30.9 Å². The van der Waals surface area contributed by atoms with Gasteiger partial charge in [0.25, 0.3) is 0 Å². The molecule has 1 aliphatic heterocycles. The van der Waals surface area contributed by atoms with Crippen LogP contribution < -0.4 is 9.64 Å². The zero-order valence-corrected chi connectivity index (χ0v) is 12.0. The first-order chi connectivity index (χ1) is 9.15. The molecule has 2 atom stereocenters. The third-order valence-corrected chi connectivity index (χ3v) is 4.15. The maximum atomic E-state index is 9.58. The Morgan fingerprint density at radius 2 is 2.21 bits per heavy atom. The van der Waals surface area contributed by atoms with Gasteiger partial charge in [-0.15, -0.1) is 0 Å². The monoisotopic (exact) mass is 264 g/mol. The summed E-state index contributed by atoms with van der Waals surface area (Å²) >= 11 is 0. The molecule has 1 heterocycles. The van der Waals surface area contributed by atoms with Crippen molar-refractivity contribution in [1.29, 1.82) is 0 Å². The van der Waals surface area contributed by atoms with E-state index in [4.69, 9.17) is 4.74 Å². The van der Waals surface area contributed by atoms with Gasteiger partial charge in [0.2, 0.25) is 0 Å². The molecule has 1 aromatic rings. The van der Waals surface area contributed by atoms with Crippen LogP contribution in [0.2, 0.25) is 0 Å². The Balaban J connectivity index is 2.19. The number of ether oxygens (including phenoxy) is 1. The summed E-state index contributed by atoms with van der Waals surface area (Å²) in [5, 5.41) is 9.58. The highest BCUT2D eigenvalue weighted by atomic mass is 16.5. The largest absolute Gasteiger partial charge is 0.497 e. The van der Waals surface area contributed by atoms with E-state index in [2.05, 4.69) is 35.9 Å². The Morgan fingerprint density at radius 1 is 1.42 bits per heavy atom. The Kier molecular flexibility index (Phi) is 4.66. The van der Waals surface area contributed by atoms with E-state index in [1.807, 2.05) is 12.1 Å². The van der Waals surface area contributed by atoms with Gasteiger partial charge in [-0.05, 0) is 32.5 Å². The molecule has 2 unspecified atom stereocenters. The molecule has 1 saturated heterocycles. The summed E-state index contributed by atoms with van der Waals surface area (Å²) in [6.07, 6.45) is 1.10. The minimum absolute atomic E-state index is 0.184. The summed E-state index contributed by atoms with van der Waals surface area (Å²) in [5.74, 6) is 0.878. The molecule has 0 radical (unpaired) electrons. The van der Waals surface area contributed by atoms with Crippen LogP contribution in [0.3, 0.4) is 0 Å². The van der Waals surface area contributed by atoms with E-state index >= 15 is 0 Å². The molecule has 19 heavy (non-hydrogen) atoms. The van der Waals surface area contributed by atoms with Gasteiger partial charge >= 0.3 is 0 Å². The fourth-order valence-corrected chi connectivity index (χ4v) is 2.61. The Morgan fingerprint density at radius 3 is 2.89 bits per heavy atom. The van der Waals surface area contributed by atoms with Gasteiger partial charge in [-0.2, -0.15) is 0 Å². The summed E-state index contributed by atoms with van der Waals surface area (Å²) in [4.78, 5) is 4.61. The lowest BCUT2D eigenvalue weighted by Gasteiger charge is -2.30. The number of methoxy groups -OCH3 is 1. The minimum atomic E-state index is 0.184. The predicted octanol–water partition coefficient (Wildman–Crippen LogP) is 1.59. The maximum absolute atomic E-state index is 9.58. The zero-order chi connectivity index (χ0) is 13.8. The second kappa shape index (κ2) is 6.26. The first-order valence-electron chi connectivity index (χ1n) is 6.87. The molecule has 1 aromatic carbocycles. The Hall–Kier alpha value is -1.26. The van der Waals surface area contributed by atoms with E-state index in [-0.39, 0.29) is 12.6 Å². The highest BCUT2D eigenvalue weighted by Gasteiger charge is 2.26. The molecular formula is C15H24N2O2. The van der Waals surface area contributed by atoms with Crippen LogP contribution in [0.15, 0.2) is 24.3 Å². The van der Waals surface area contributed by atoms with Gasteiger partial charge in [0.15, 0.2) is 0 Å². The van der Waals surface area contributed by atoms with Crippen molar-refractivity contribution in [2.45, 2.75) is 25.4 Å². The van der Waals surface area contributed by atoms with Gasteiger partial charge < -0.3 is 14.7 Å². The molecular weight excluding hydrogens is 240 g/mol. The quantitative estimate of drug-likeness (QED) is 0.899. The standard InChI is InChI=1S/C15H24N2O2/c1-12-7-8-17(10-14(11-18)16(12)2)13-5-4-6-15(9-13)19-3/h4-6,9,12,14,18H,7-8,10-11H2,1-3H3. The van der Waals surface area contributed by atoms with Crippen LogP contribution in [0.5, 0.6) is 5.75 Å². The number of hydrogen-bond acceptors (Lipinski definition) is 4. The molecule has 1 fully saturated rings. The number of likely N-dealkylation sites (N-methyl/N-ethyl adjacent to an activating group) is 1. The van der Waals surface area contributed by atoms with Crippen LogP contribution in [0, 0.1) is 0 Å². The van der Waals surface area contributed by atoms with Crippen LogP contribution >= 0.6 is 0 Å². The van der Waals surface area contributed by atoms with Crippen LogP contribution in [0.4, 0.5) is 5.69 Å². The molecule has 0 amide bonds. The molecule has 0 aromatic heterocycles. The molecule has 106 valence electrons. The molecule has 0 aliphatic carbocycles. The van der Waals surface area contributed by atoms with Crippen LogP contribution in [0.25, 0.3) is 0 Å². The molecule has 0 bridgehead atoms. The summed E-state index contributed by atoms with van der Waals surface area (Å²) in [6.45, 7) is 4.28. The van der Waals surface area contributed by atoms with Crippen LogP contribution in [0.1, 0.15) is 13.3 Å². The van der Waals surface area contributed by atoms with Crippen LogP contribution in [-0.2, 0) is 0 Å². The van der Waals surface area contributed by atoms with E-state index in [0.29, 0.717) is 6.04 Å². The van der Waals surface area contributed by atoms with Crippen molar-refractivity contribution in [2.75, 3.05) is 38.8 Å². The van der Waals surface area contributed by atoms with E-state index < -0.39 is 0 Å². The highest BCUT2D eigenvalue weighted by Crippen LogP contribution is 2.24. The first-order valence-corrected chi connectivity index (χ1v) is 6.87. The maximum Gasteiger partial charge on any atom is 0.120 e. The van der Waals surface area contributed by atoms with Crippen molar-refractivity contribution >= 4 is 5.69 Å². The lowest BCUT2D eigenvalue weighted by molar-refractivity contribution is 0.127. The number of nitrogens with zero attached hydrogens (tertiary/aromatic N) is 2. The second-order valence-corrected chi connectivity index (χ2v) is 5.29. The Bertz CT molecular complexity index is 411. The average Bonchev–Trinajstić information content (AvgIpc) is 2.59. The normalized spacial score (nSPS) is 25.2. The molecule has 0 saturated carbocycles. The predicted molar refractivity (Wildman–Crippen MR) is 77.9 cm³/mol. The summed E-state index contributed by atoms with van der Waals surface area (Å²) in [7, 11) is 3.79. The molecule has 1 N–H and O–H groups in total. The number of aliphatic hydroxyl groups excluding tert-OH is 1. The number of rotatable bonds is 3. The summed E-state index contributed by atoms with van der Waals surface area (Å²) < 4.78 is 5.29. The van der Waals surface area contributed by atoms with Crippen molar-refractivity contribution in [2.24, 2.45) is 0 Å². The number of benzene rings is 1. The number of anilines is 1. The van der Waals surface area contributed by atoms with Gasteiger partial charge in [-0.1, -0.05) is 6.07 Å². The lowest BCUT2D eigenvalue weighted by Crippen LogP contribution is -2.44. The zero-order valence-electron chi connectivity index (χ0n) is 12.0. The highest BCUT2D eigenvalue weighted by molar-refractivity contribution is 5.51. The third kappa shape index (κ3) is 3.19. The van der Waals surface area contributed by atoms with Crippen LogP contribution in [-0.4, -0.2) is 55.9 Å². The van der Waals surface area contributed by atoms with E-state index in [0.717, 1.165) is 25.3 Å². The number of hydrogen-bond donors (Lipinski definition) is 1. The van der Waals surface area contributed by atoms with Gasteiger partial charge in [0.05, 0.1) is 19.8 Å². The molecule has 4 heteroatoms. The van der Waals surface area contributed by atoms with Crippen molar-refractivity contribution < 1.29 is 9.84 Å². The van der Waals surface area contributed by atoms with Crippen molar-refractivity contribution in [1.82, 2.24) is 4.90 Å². The topological polar surface area (TPSA) is 35.9 Å². The van der Waals surface area contributed by atoms with Crippen molar-refractivity contribution in [3.8, 4) is 5.75 Å². The number of aliphatic hydroxyl groups is 1. The van der Waals surface area contributed by atoms with E-state index in [1.165, 1.54) is 5.69 Å². The van der Waals surface area contributed by atoms with Crippen molar-refractivity contribution in [3.05, 3.63) is 24.3 Å². The first kappa shape index (κ1) is 14.2. The molecule has 4 nitrogen and oxygen atoms in total. The minimum Gasteiger partial charge on any atom is -0.497 e. The molecule has 2 rings (SSSR count). The smallest absolute Gasteiger partial charge is 0.120 e. The summed E-state index contributed by atoms with van der Waals surface area (Å²) in [5.41, 5.74) is 1.17.